The van der Waals surface area contributed by atoms with Crippen molar-refractivity contribution in [2.75, 3.05) is 77.2 Å². The van der Waals surface area contributed by atoms with Gasteiger partial charge in [-0.2, -0.15) is 0 Å². The summed E-state index contributed by atoms with van der Waals surface area (Å²) in [5.41, 5.74) is 0. The van der Waals surface area contributed by atoms with Crippen LogP contribution in [-0.4, -0.2) is 186 Å². The Morgan fingerprint density at radius 3 is 0.613 bits per heavy atom. The zero-order valence-corrected chi connectivity index (χ0v) is 76.7. The lowest BCUT2D eigenvalue weighted by Gasteiger charge is -2.50. The Labute approximate surface area is 582 Å². The molecule has 4 rings (SSSR count). The van der Waals surface area contributed by atoms with Crippen molar-refractivity contribution in [2.24, 2.45) is 0 Å². The minimum atomic E-state index is -2.92. The van der Waals surface area contributed by atoms with Gasteiger partial charge in [0.25, 0.3) is 0 Å². The SMILES string of the molecule is CCOCCC[Si]1(C)O[Si](C)(CCC[Si](C)(C)c2ccc([Si](C)(C)CCC[Si](OC)(OC)OC)cc2)O[Si](C)(CCC[Si](C)(C)c2ccc([Si](C)(C)CCC[Si](OC)(OC)OC)cc2)O[Si](C)(CCC[Si](C)(C)c2ccc([Si](C)(C)CCC[Si](OC)(OC)OC)cc2)O1. The number of rotatable bonds is 44. The van der Waals surface area contributed by atoms with Crippen LogP contribution in [0.2, 0.25) is 183 Å². The van der Waals surface area contributed by atoms with E-state index in [1.54, 1.807) is 64.0 Å². The summed E-state index contributed by atoms with van der Waals surface area (Å²) >= 11 is 0. The first kappa shape index (κ1) is 85.3. The molecule has 0 aliphatic carbocycles. The predicted octanol–water partition coefficient (Wildman–Crippen LogP) is 14.3. The second kappa shape index (κ2) is 36.7. The lowest BCUT2D eigenvalue weighted by atomic mass is 10.4. The van der Waals surface area contributed by atoms with Crippen molar-refractivity contribution in [1.82, 2.24) is 0 Å². The van der Waals surface area contributed by atoms with Crippen molar-refractivity contribution >= 4 is 140 Å². The molecule has 1 fully saturated rings. The van der Waals surface area contributed by atoms with Crippen LogP contribution < -0.4 is 31.1 Å². The maximum absolute atomic E-state index is 7.98. The van der Waals surface area contributed by atoms with Crippen LogP contribution in [0.1, 0.15) is 51.9 Å². The van der Waals surface area contributed by atoms with Gasteiger partial charge in [0.05, 0.1) is 48.4 Å². The van der Waals surface area contributed by atoms with E-state index in [9.17, 15) is 0 Å². The average molecular weight is 1520 g/mol. The van der Waals surface area contributed by atoms with Crippen molar-refractivity contribution in [1.29, 1.82) is 0 Å². The summed E-state index contributed by atoms with van der Waals surface area (Å²) < 4.78 is 89.6. The van der Waals surface area contributed by atoms with Crippen molar-refractivity contribution < 1.29 is 61.0 Å². The normalized spacial score (nSPS) is 21.1. The van der Waals surface area contributed by atoms with Gasteiger partial charge in [-0.1, -0.05) is 257 Å². The smallest absolute Gasteiger partial charge is 0.416 e. The first-order valence-corrected chi connectivity index (χ1v) is 70.1. The van der Waals surface area contributed by atoms with Gasteiger partial charge in [0.15, 0.2) is 0 Å². The maximum atomic E-state index is 7.98. The molecule has 14 nitrogen and oxygen atoms in total. The van der Waals surface area contributed by atoms with Crippen LogP contribution in [0.25, 0.3) is 0 Å². The Hall–Kier alpha value is -0.0805. The minimum absolute atomic E-state index is 0.699. The summed E-state index contributed by atoms with van der Waals surface area (Å²) in [5, 5.41) is 9.07. The lowest BCUT2D eigenvalue weighted by molar-refractivity contribution is 0.123. The molecule has 2 atom stereocenters. The van der Waals surface area contributed by atoms with E-state index in [4.69, 9.17) is 61.0 Å². The maximum Gasteiger partial charge on any atom is 0.500 e. The van der Waals surface area contributed by atoms with Crippen molar-refractivity contribution in [3.63, 3.8) is 0 Å². The number of ether oxygens (including phenoxy) is 1. The molecule has 1 aliphatic heterocycles. The van der Waals surface area contributed by atoms with E-state index in [1.807, 2.05) is 0 Å². The van der Waals surface area contributed by atoms with Crippen LogP contribution in [0, 0.1) is 0 Å². The zero-order chi connectivity index (χ0) is 69.9. The fourth-order valence-electron chi connectivity index (χ4n) is 14.4. The van der Waals surface area contributed by atoms with Gasteiger partial charge in [0, 0.05) is 95.3 Å². The molecule has 2 unspecified atom stereocenters. The van der Waals surface area contributed by atoms with E-state index in [0.29, 0.717) is 13.2 Å². The molecule has 93 heavy (non-hydrogen) atoms. The highest BCUT2D eigenvalue weighted by molar-refractivity contribution is 6.96. The molecule has 3 aromatic rings. The number of benzene rings is 3. The first-order valence-electron chi connectivity index (χ1n) is 35.0. The molecule has 0 spiro atoms. The molecule has 1 heterocycles. The van der Waals surface area contributed by atoms with Gasteiger partial charge in [-0.15, -0.1) is 0 Å². The van der Waals surface area contributed by atoms with Crippen LogP contribution in [-0.2, 0) is 61.0 Å². The molecule has 0 radical (unpaired) electrons. The average Bonchev–Trinajstić information content (AvgIpc) is 0.777. The van der Waals surface area contributed by atoms with E-state index in [0.717, 1.165) is 124 Å². The Bertz CT molecular complexity index is 2500. The quantitative estimate of drug-likeness (QED) is 0.0393. The Morgan fingerprint density at radius 1 is 0.269 bits per heavy atom. The standard InChI is InChI=1S/C66H134O14Si13/c1-27-76-47-28-54-87(23)77-88(24,55-29-48-81(11,12)61-35-41-64(42-36-61)84(17,18)51-32-58-91(67-2,68-3)69-4)79-90(26,57-31-50-83(15,16)63-39-45-66(46-40-63)86(21,22)53-34-60-93(73-8,74-9)75-10)80-89(25,78-87)56-30-49-82(13,14)62-37-43-65(44-38-62)85(19,20)52-33-59-92(70-5,71-6)72-7/h35-46H,27-34,47-60H2,1-26H3. The molecule has 0 amide bonds. The molecule has 1 aliphatic rings. The van der Waals surface area contributed by atoms with Crippen molar-refractivity contribution in [3.8, 4) is 0 Å². The summed E-state index contributed by atoms with van der Waals surface area (Å²) in [6, 6.07) is 42.6. The summed E-state index contributed by atoms with van der Waals surface area (Å²) in [4.78, 5) is 0. The Balaban J connectivity index is 1.63. The first-order chi connectivity index (χ1) is 43.3. The van der Waals surface area contributed by atoms with E-state index >= 15 is 0 Å². The largest absolute Gasteiger partial charge is 0.500 e. The highest BCUT2D eigenvalue weighted by atomic mass is 28.5. The third-order valence-electron chi connectivity index (χ3n) is 21.1. The molecule has 27 heteroatoms. The Morgan fingerprint density at radius 2 is 0.441 bits per heavy atom. The summed E-state index contributed by atoms with van der Waals surface area (Å²) in [6.45, 7) is 43.3. The van der Waals surface area contributed by atoms with Crippen LogP contribution >= 0.6 is 0 Å². The van der Waals surface area contributed by atoms with Gasteiger partial charge in [0.2, 0.25) is 0 Å². The molecule has 1 saturated heterocycles. The fourth-order valence-corrected chi connectivity index (χ4v) is 59.5. The van der Waals surface area contributed by atoms with Crippen molar-refractivity contribution in [2.45, 2.75) is 235 Å². The van der Waals surface area contributed by atoms with Crippen LogP contribution in [0.15, 0.2) is 72.8 Å². The van der Waals surface area contributed by atoms with E-state index < -0.39 is 109 Å². The van der Waals surface area contributed by atoms with Crippen LogP contribution in [0.4, 0.5) is 0 Å². The van der Waals surface area contributed by atoms with Gasteiger partial charge in [0.1, 0.15) is 0 Å². The van der Waals surface area contributed by atoms with Crippen LogP contribution in [0.5, 0.6) is 0 Å². The summed E-state index contributed by atoms with van der Waals surface area (Å²) in [5.74, 6) is 0. The van der Waals surface area contributed by atoms with Crippen molar-refractivity contribution in [3.05, 3.63) is 72.8 Å². The summed E-state index contributed by atoms with van der Waals surface area (Å²) in [6.07, 6.45) is 7.17. The van der Waals surface area contributed by atoms with Gasteiger partial charge in [-0.25, -0.2) is 0 Å². The molecule has 0 N–H and O–H groups in total. The monoisotopic (exact) mass is 1510 g/mol. The second-order valence-corrected chi connectivity index (χ2v) is 84.0. The molecule has 534 valence electrons. The topological polar surface area (TPSA) is 129 Å². The zero-order valence-electron chi connectivity index (χ0n) is 63.7. The highest BCUT2D eigenvalue weighted by Gasteiger charge is 2.57. The summed E-state index contributed by atoms with van der Waals surface area (Å²) in [7, 11) is -14.7. The second-order valence-electron chi connectivity index (χ2n) is 31.3. The Kier molecular flexibility index (Phi) is 33.7. The number of hydrogen-bond acceptors (Lipinski definition) is 14. The molecular weight excluding hydrogens is 1380 g/mol. The third kappa shape index (κ3) is 25.1. The molecule has 0 saturated carbocycles. The molecular formula is C66H134O14Si13. The molecule has 0 aromatic heterocycles. The molecule has 3 aromatic carbocycles. The van der Waals surface area contributed by atoms with Crippen LogP contribution in [0.3, 0.4) is 0 Å². The van der Waals surface area contributed by atoms with Gasteiger partial charge in [-0.05, 0) is 63.7 Å². The van der Waals surface area contributed by atoms with E-state index in [2.05, 4.69) is 184 Å². The predicted molar refractivity (Wildman–Crippen MR) is 424 cm³/mol. The van der Waals surface area contributed by atoms with Gasteiger partial charge in [-0.3, -0.25) is 0 Å². The van der Waals surface area contributed by atoms with E-state index in [-0.39, 0.29) is 0 Å². The fraction of sp³-hybridized carbons (Fsp3) is 0.727. The van der Waals surface area contributed by atoms with Gasteiger partial charge < -0.3 is 61.0 Å². The highest BCUT2D eigenvalue weighted by Crippen LogP contribution is 2.41. The van der Waals surface area contributed by atoms with E-state index in [1.165, 1.54) is 31.1 Å². The third-order valence-corrected chi connectivity index (χ3v) is 69.5. The molecule has 0 bridgehead atoms. The number of hydrogen-bond donors (Lipinski definition) is 0. The lowest BCUT2D eigenvalue weighted by Crippen LogP contribution is -2.67. The van der Waals surface area contributed by atoms with Gasteiger partial charge >= 0.3 is 60.7 Å². The minimum Gasteiger partial charge on any atom is -0.416 e.